The molecule has 0 spiro atoms. The fraction of sp³-hybridized carbons (Fsp3) is 0.769. The van der Waals surface area contributed by atoms with Gasteiger partial charge in [-0.25, -0.2) is 13.8 Å². The van der Waals surface area contributed by atoms with Crippen LogP contribution in [0.2, 0.25) is 0 Å². The van der Waals surface area contributed by atoms with Crippen LogP contribution in [0.1, 0.15) is 36.3 Å². The molecule has 0 aliphatic carbocycles. The van der Waals surface area contributed by atoms with Crippen molar-refractivity contribution in [3.8, 4) is 0 Å². The number of ether oxygens (including phenoxy) is 1. The van der Waals surface area contributed by atoms with E-state index in [1.807, 2.05) is 20.8 Å². The standard InChI is InChI=1S/C13H20F4N2OS/c1-12(2,3)10-8(5-18-4)21-9(19-10)6-20-7-13(16,17)11(14)15/h11,18H,5-7H2,1-4H3. The summed E-state index contributed by atoms with van der Waals surface area (Å²) in [5.74, 6) is -4.13. The van der Waals surface area contributed by atoms with E-state index in [0.29, 0.717) is 11.6 Å². The minimum Gasteiger partial charge on any atom is -0.368 e. The predicted octanol–water partition coefficient (Wildman–Crippen LogP) is 3.58. The summed E-state index contributed by atoms with van der Waals surface area (Å²) in [4.78, 5) is 5.38. The van der Waals surface area contributed by atoms with Crippen molar-refractivity contribution in [1.82, 2.24) is 10.3 Å². The lowest BCUT2D eigenvalue weighted by molar-refractivity contribution is -0.168. The number of alkyl halides is 4. The van der Waals surface area contributed by atoms with Crippen molar-refractivity contribution < 1.29 is 22.3 Å². The Kier molecular flexibility index (Phi) is 6.12. The van der Waals surface area contributed by atoms with Gasteiger partial charge in [-0.1, -0.05) is 20.8 Å². The molecular formula is C13H20F4N2OS. The number of thiazole rings is 1. The summed E-state index contributed by atoms with van der Waals surface area (Å²) in [5.41, 5.74) is 0.675. The van der Waals surface area contributed by atoms with Crippen molar-refractivity contribution in [1.29, 1.82) is 0 Å². The Labute approximate surface area is 125 Å². The van der Waals surface area contributed by atoms with Gasteiger partial charge < -0.3 is 10.1 Å². The molecule has 0 aliphatic heterocycles. The summed E-state index contributed by atoms with van der Waals surface area (Å²) in [7, 11) is 1.80. The van der Waals surface area contributed by atoms with E-state index in [1.54, 1.807) is 7.05 Å². The van der Waals surface area contributed by atoms with Gasteiger partial charge in [0.1, 0.15) is 11.6 Å². The van der Waals surface area contributed by atoms with Gasteiger partial charge in [0.25, 0.3) is 0 Å². The third kappa shape index (κ3) is 5.19. The highest BCUT2D eigenvalue weighted by molar-refractivity contribution is 7.11. The van der Waals surface area contributed by atoms with Crippen molar-refractivity contribution in [2.75, 3.05) is 13.7 Å². The minimum atomic E-state index is -4.13. The van der Waals surface area contributed by atoms with E-state index in [4.69, 9.17) is 4.74 Å². The van der Waals surface area contributed by atoms with Gasteiger partial charge in [-0.05, 0) is 7.05 Å². The maximum Gasteiger partial charge on any atom is 0.330 e. The highest BCUT2D eigenvalue weighted by Gasteiger charge is 2.41. The van der Waals surface area contributed by atoms with Crippen LogP contribution in [-0.2, 0) is 23.3 Å². The first-order chi connectivity index (χ1) is 9.58. The maximum absolute atomic E-state index is 12.7. The van der Waals surface area contributed by atoms with Crippen molar-refractivity contribution >= 4 is 11.3 Å². The molecule has 0 saturated carbocycles. The lowest BCUT2D eigenvalue weighted by Gasteiger charge is -2.17. The molecule has 0 saturated heterocycles. The van der Waals surface area contributed by atoms with Gasteiger partial charge in [0.15, 0.2) is 0 Å². The molecule has 122 valence electrons. The lowest BCUT2D eigenvalue weighted by Crippen LogP contribution is -2.32. The Balaban J connectivity index is 2.73. The number of nitrogens with zero attached hydrogens (tertiary/aromatic N) is 1. The van der Waals surface area contributed by atoms with Gasteiger partial charge in [0.05, 0.1) is 12.3 Å². The lowest BCUT2D eigenvalue weighted by atomic mass is 9.91. The minimum absolute atomic E-state index is 0.187. The zero-order valence-electron chi connectivity index (χ0n) is 12.5. The van der Waals surface area contributed by atoms with E-state index >= 15 is 0 Å². The molecule has 0 bridgehead atoms. The summed E-state index contributed by atoms with van der Waals surface area (Å²) >= 11 is 1.34. The van der Waals surface area contributed by atoms with Crippen LogP contribution in [0, 0.1) is 0 Å². The van der Waals surface area contributed by atoms with Gasteiger partial charge in [0.2, 0.25) is 0 Å². The van der Waals surface area contributed by atoms with Crippen LogP contribution >= 0.6 is 11.3 Å². The van der Waals surface area contributed by atoms with Gasteiger partial charge in [-0.15, -0.1) is 11.3 Å². The topological polar surface area (TPSA) is 34.1 Å². The summed E-state index contributed by atoms with van der Waals surface area (Å²) in [5, 5.41) is 3.53. The Bertz CT molecular complexity index is 458. The van der Waals surface area contributed by atoms with Gasteiger partial charge >= 0.3 is 12.3 Å². The van der Waals surface area contributed by atoms with E-state index in [2.05, 4.69) is 10.3 Å². The Morgan fingerprint density at radius 1 is 1.29 bits per heavy atom. The predicted molar refractivity (Wildman–Crippen MR) is 74.2 cm³/mol. The molecule has 0 fully saturated rings. The van der Waals surface area contributed by atoms with Crippen molar-refractivity contribution in [2.24, 2.45) is 0 Å². The zero-order chi connectivity index (χ0) is 16.3. The van der Waals surface area contributed by atoms with Crippen LogP contribution in [0.5, 0.6) is 0 Å². The molecule has 3 nitrogen and oxygen atoms in total. The number of hydrogen-bond donors (Lipinski definition) is 1. The molecule has 0 amide bonds. The second kappa shape index (κ2) is 7.02. The molecule has 21 heavy (non-hydrogen) atoms. The second-order valence-electron chi connectivity index (χ2n) is 5.71. The van der Waals surface area contributed by atoms with Crippen LogP contribution in [0.3, 0.4) is 0 Å². The SMILES string of the molecule is CNCc1sc(COCC(F)(F)C(F)F)nc1C(C)(C)C. The zero-order valence-corrected chi connectivity index (χ0v) is 13.3. The molecule has 1 aromatic rings. The van der Waals surface area contributed by atoms with Crippen LogP contribution in [0.25, 0.3) is 0 Å². The average Bonchev–Trinajstić information content (AvgIpc) is 2.72. The van der Waals surface area contributed by atoms with Gasteiger partial charge in [-0.3, -0.25) is 0 Å². The second-order valence-corrected chi connectivity index (χ2v) is 6.88. The molecule has 0 radical (unpaired) electrons. The monoisotopic (exact) mass is 328 g/mol. The first-order valence-corrected chi connectivity index (χ1v) is 7.27. The maximum atomic E-state index is 12.7. The summed E-state index contributed by atoms with van der Waals surface area (Å²) in [6.07, 6.45) is -3.72. The van der Waals surface area contributed by atoms with Gasteiger partial charge in [-0.2, -0.15) is 8.78 Å². The van der Waals surface area contributed by atoms with E-state index in [0.717, 1.165) is 10.6 Å². The van der Waals surface area contributed by atoms with Crippen molar-refractivity contribution in [2.45, 2.75) is 51.7 Å². The fourth-order valence-corrected chi connectivity index (χ4v) is 2.89. The van der Waals surface area contributed by atoms with E-state index < -0.39 is 19.0 Å². The Morgan fingerprint density at radius 3 is 2.38 bits per heavy atom. The number of halogens is 4. The third-order valence-electron chi connectivity index (χ3n) is 2.63. The quantitative estimate of drug-likeness (QED) is 0.777. The smallest absolute Gasteiger partial charge is 0.330 e. The Hall–Kier alpha value is -0.730. The third-order valence-corrected chi connectivity index (χ3v) is 3.66. The molecule has 1 N–H and O–H groups in total. The summed E-state index contributed by atoms with van der Waals surface area (Å²) in [6.45, 7) is 5.10. The van der Waals surface area contributed by atoms with Crippen LogP contribution in [-0.4, -0.2) is 31.0 Å². The van der Waals surface area contributed by atoms with E-state index in [9.17, 15) is 17.6 Å². The first kappa shape index (κ1) is 18.3. The van der Waals surface area contributed by atoms with Crippen LogP contribution < -0.4 is 5.32 Å². The summed E-state index contributed by atoms with van der Waals surface area (Å²) < 4.78 is 54.2. The molecule has 8 heteroatoms. The normalized spacial score (nSPS) is 13.2. The molecular weight excluding hydrogens is 308 g/mol. The molecule has 0 aromatic carbocycles. The number of nitrogens with one attached hydrogen (secondary N) is 1. The average molecular weight is 328 g/mol. The molecule has 0 atom stereocenters. The summed E-state index contributed by atoms with van der Waals surface area (Å²) in [6, 6.07) is 0. The molecule has 1 heterocycles. The molecule has 0 unspecified atom stereocenters. The highest BCUT2D eigenvalue weighted by Crippen LogP contribution is 2.30. The number of rotatable bonds is 7. The molecule has 1 rings (SSSR count). The van der Waals surface area contributed by atoms with Crippen LogP contribution in [0.15, 0.2) is 0 Å². The van der Waals surface area contributed by atoms with Crippen molar-refractivity contribution in [3.63, 3.8) is 0 Å². The van der Waals surface area contributed by atoms with Crippen LogP contribution in [0.4, 0.5) is 17.6 Å². The Morgan fingerprint density at radius 2 is 1.90 bits per heavy atom. The molecule has 1 aromatic heterocycles. The number of hydrogen-bond acceptors (Lipinski definition) is 4. The fourth-order valence-electron chi connectivity index (χ4n) is 1.67. The first-order valence-electron chi connectivity index (χ1n) is 6.45. The van der Waals surface area contributed by atoms with E-state index in [-0.39, 0.29) is 12.0 Å². The molecule has 0 aliphatic rings. The largest absolute Gasteiger partial charge is 0.368 e. The number of aromatic nitrogens is 1. The van der Waals surface area contributed by atoms with Gasteiger partial charge in [0, 0.05) is 16.8 Å². The van der Waals surface area contributed by atoms with E-state index in [1.165, 1.54) is 11.3 Å². The van der Waals surface area contributed by atoms with Crippen molar-refractivity contribution in [3.05, 3.63) is 15.6 Å². The highest BCUT2D eigenvalue weighted by atomic mass is 32.1.